The zero-order chi connectivity index (χ0) is 19.9. The van der Waals surface area contributed by atoms with E-state index in [2.05, 4.69) is 24.5 Å². The largest absolute Gasteiger partial charge is 0.355 e. The van der Waals surface area contributed by atoms with Crippen LogP contribution < -0.4 is 10.6 Å². The van der Waals surface area contributed by atoms with E-state index in [0.717, 1.165) is 64.5 Å². The Kier molecular flexibility index (Phi) is 14.3. The quantitative estimate of drug-likeness (QED) is 0.434. The second kappa shape index (κ2) is 15.0. The lowest BCUT2D eigenvalue weighted by Gasteiger charge is -2.23. The van der Waals surface area contributed by atoms with Crippen LogP contribution in [0, 0.1) is 0 Å². The average molecular weight is 371 g/mol. The fourth-order valence-electron chi connectivity index (χ4n) is 3.06. The van der Waals surface area contributed by atoms with Gasteiger partial charge in [0.1, 0.15) is 0 Å². The lowest BCUT2D eigenvalue weighted by Crippen LogP contribution is -2.43. The molecule has 0 rings (SSSR count). The van der Waals surface area contributed by atoms with Crippen LogP contribution in [0.1, 0.15) is 65.2 Å². The molecule has 0 aliphatic carbocycles. The van der Waals surface area contributed by atoms with E-state index in [0.29, 0.717) is 0 Å². The first-order valence-electron chi connectivity index (χ1n) is 10.2. The molecule has 0 radical (unpaired) electrons. The van der Waals surface area contributed by atoms with Crippen LogP contribution in [0.3, 0.4) is 0 Å². The lowest BCUT2D eigenvalue weighted by atomic mass is 10.1. The van der Waals surface area contributed by atoms with Crippen LogP contribution in [0.4, 0.5) is 0 Å². The summed E-state index contributed by atoms with van der Waals surface area (Å²) in [6, 6.07) is -0.0500. The van der Waals surface area contributed by atoms with Crippen LogP contribution in [-0.2, 0) is 9.59 Å². The predicted octanol–water partition coefficient (Wildman–Crippen LogP) is 2.24. The van der Waals surface area contributed by atoms with Gasteiger partial charge in [-0.2, -0.15) is 0 Å². The molecule has 154 valence electrons. The Bertz CT molecular complexity index is 350. The highest BCUT2D eigenvalue weighted by atomic mass is 16.2. The SMILES string of the molecule is CCC[C@H](C(=O)NCCCCCCNC(=O)[C@H](CCC)N(C)C)N(C)C. The number of likely N-dealkylation sites (N-methyl/N-ethyl adjacent to an activating group) is 2. The van der Waals surface area contributed by atoms with Crippen molar-refractivity contribution in [2.75, 3.05) is 41.3 Å². The molecule has 2 N–H and O–H groups in total. The molecule has 0 aromatic rings. The number of nitrogens with zero attached hydrogens (tertiary/aromatic N) is 2. The Morgan fingerprint density at radius 2 is 1.04 bits per heavy atom. The molecule has 2 amide bonds. The summed E-state index contributed by atoms with van der Waals surface area (Å²) >= 11 is 0. The fourth-order valence-corrected chi connectivity index (χ4v) is 3.06. The minimum atomic E-state index is -0.0250. The van der Waals surface area contributed by atoms with Crippen molar-refractivity contribution in [1.29, 1.82) is 0 Å². The van der Waals surface area contributed by atoms with Gasteiger partial charge in [0.25, 0.3) is 0 Å². The molecule has 0 aromatic heterocycles. The smallest absolute Gasteiger partial charge is 0.237 e. The molecule has 2 atom stereocenters. The Balaban J connectivity index is 3.78. The number of hydrogen-bond donors (Lipinski definition) is 2. The van der Waals surface area contributed by atoms with Crippen molar-refractivity contribution in [3.8, 4) is 0 Å². The molecule has 0 spiro atoms. The van der Waals surface area contributed by atoms with Crippen LogP contribution in [0.5, 0.6) is 0 Å². The Labute approximate surface area is 161 Å². The highest BCUT2D eigenvalue weighted by Gasteiger charge is 2.19. The number of unbranched alkanes of at least 4 members (excludes halogenated alkanes) is 3. The standard InChI is InChI=1S/C20H42N4O2/c1-7-13-17(23(3)4)19(25)21-15-11-9-10-12-16-22-20(26)18(14-8-2)24(5)6/h17-18H,7-16H2,1-6H3,(H,21,25)(H,22,26)/t17-,18+. The van der Waals surface area contributed by atoms with E-state index in [-0.39, 0.29) is 23.9 Å². The topological polar surface area (TPSA) is 64.7 Å². The Hall–Kier alpha value is -1.14. The molecule has 0 unspecified atom stereocenters. The zero-order valence-electron chi connectivity index (χ0n) is 17.9. The van der Waals surface area contributed by atoms with Gasteiger partial charge < -0.3 is 10.6 Å². The summed E-state index contributed by atoms with van der Waals surface area (Å²) in [5.74, 6) is 0.268. The van der Waals surface area contributed by atoms with E-state index in [1.807, 2.05) is 38.0 Å². The molecule has 0 bridgehead atoms. The van der Waals surface area contributed by atoms with Crippen molar-refractivity contribution in [2.45, 2.75) is 77.3 Å². The van der Waals surface area contributed by atoms with Gasteiger partial charge in [-0.25, -0.2) is 0 Å². The number of carbonyl (C=O) groups is 2. The molecule has 0 aliphatic heterocycles. The van der Waals surface area contributed by atoms with Gasteiger partial charge in [0, 0.05) is 13.1 Å². The number of nitrogens with one attached hydrogen (secondary N) is 2. The third-order valence-electron chi connectivity index (χ3n) is 4.68. The summed E-state index contributed by atoms with van der Waals surface area (Å²) in [5, 5.41) is 6.09. The Morgan fingerprint density at radius 1 is 0.692 bits per heavy atom. The molecule has 0 aliphatic rings. The normalized spacial score (nSPS) is 13.7. The van der Waals surface area contributed by atoms with Gasteiger partial charge in [0.2, 0.25) is 11.8 Å². The minimum Gasteiger partial charge on any atom is -0.355 e. The summed E-state index contributed by atoms with van der Waals surface area (Å²) in [4.78, 5) is 28.3. The highest BCUT2D eigenvalue weighted by Crippen LogP contribution is 2.05. The van der Waals surface area contributed by atoms with Crippen LogP contribution in [-0.4, -0.2) is 75.0 Å². The van der Waals surface area contributed by atoms with Crippen molar-refractivity contribution < 1.29 is 9.59 Å². The van der Waals surface area contributed by atoms with E-state index >= 15 is 0 Å². The van der Waals surface area contributed by atoms with Crippen LogP contribution in [0.2, 0.25) is 0 Å². The second-order valence-electron chi connectivity index (χ2n) is 7.53. The predicted molar refractivity (Wildman–Crippen MR) is 109 cm³/mol. The van der Waals surface area contributed by atoms with Gasteiger partial charge in [0.05, 0.1) is 12.1 Å². The first-order chi connectivity index (χ1) is 12.3. The summed E-state index contributed by atoms with van der Waals surface area (Å²) < 4.78 is 0. The minimum absolute atomic E-state index is 0.0250. The van der Waals surface area contributed by atoms with Crippen LogP contribution in [0.25, 0.3) is 0 Å². The monoisotopic (exact) mass is 370 g/mol. The molecule has 6 heteroatoms. The van der Waals surface area contributed by atoms with Crippen LogP contribution >= 0.6 is 0 Å². The summed E-state index contributed by atoms with van der Waals surface area (Å²) in [7, 11) is 7.82. The van der Waals surface area contributed by atoms with E-state index < -0.39 is 0 Å². The average Bonchev–Trinajstić information content (AvgIpc) is 2.58. The van der Waals surface area contributed by atoms with Crippen molar-refractivity contribution >= 4 is 11.8 Å². The van der Waals surface area contributed by atoms with Crippen molar-refractivity contribution in [3.05, 3.63) is 0 Å². The fraction of sp³-hybridized carbons (Fsp3) is 0.900. The maximum Gasteiger partial charge on any atom is 0.237 e. The highest BCUT2D eigenvalue weighted by molar-refractivity contribution is 5.82. The molecule has 0 heterocycles. The lowest BCUT2D eigenvalue weighted by molar-refractivity contribution is -0.126. The molecule has 6 nitrogen and oxygen atoms in total. The molecule has 0 saturated carbocycles. The van der Waals surface area contributed by atoms with E-state index in [9.17, 15) is 9.59 Å². The van der Waals surface area contributed by atoms with Gasteiger partial charge in [-0.05, 0) is 53.9 Å². The van der Waals surface area contributed by atoms with Crippen molar-refractivity contribution in [1.82, 2.24) is 20.4 Å². The van der Waals surface area contributed by atoms with Crippen LogP contribution in [0.15, 0.2) is 0 Å². The summed E-state index contributed by atoms with van der Waals surface area (Å²) in [6.07, 6.45) is 7.92. The zero-order valence-corrected chi connectivity index (χ0v) is 17.9. The second-order valence-corrected chi connectivity index (χ2v) is 7.53. The number of amides is 2. The third kappa shape index (κ3) is 10.8. The number of carbonyl (C=O) groups excluding carboxylic acids is 2. The Morgan fingerprint density at radius 3 is 1.31 bits per heavy atom. The van der Waals surface area contributed by atoms with Gasteiger partial charge in [-0.15, -0.1) is 0 Å². The van der Waals surface area contributed by atoms with E-state index in [1.165, 1.54) is 0 Å². The maximum absolute atomic E-state index is 12.2. The first-order valence-corrected chi connectivity index (χ1v) is 10.2. The number of rotatable bonds is 15. The molecular formula is C20H42N4O2. The maximum atomic E-state index is 12.2. The molecule has 0 saturated heterocycles. The third-order valence-corrected chi connectivity index (χ3v) is 4.68. The molecule has 0 aromatic carbocycles. The van der Waals surface area contributed by atoms with E-state index in [1.54, 1.807) is 0 Å². The van der Waals surface area contributed by atoms with Crippen molar-refractivity contribution in [2.24, 2.45) is 0 Å². The van der Waals surface area contributed by atoms with Crippen molar-refractivity contribution in [3.63, 3.8) is 0 Å². The molecule has 26 heavy (non-hydrogen) atoms. The van der Waals surface area contributed by atoms with Gasteiger partial charge in [0.15, 0.2) is 0 Å². The summed E-state index contributed by atoms with van der Waals surface area (Å²) in [6.45, 7) is 5.67. The van der Waals surface area contributed by atoms with Gasteiger partial charge in [-0.3, -0.25) is 19.4 Å². The van der Waals surface area contributed by atoms with Gasteiger partial charge in [-0.1, -0.05) is 39.5 Å². The van der Waals surface area contributed by atoms with Gasteiger partial charge >= 0.3 is 0 Å². The van der Waals surface area contributed by atoms with E-state index in [4.69, 9.17) is 0 Å². The summed E-state index contributed by atoms with van der Waals surface area (Å²) in [5.41, 5.74) is 0. The molecule has 0 fully saturated rings. The number of hydrogen-bond acceptors (Lipinski definition) is 4. The molecular weight excluding hydrogens is 328 g/mol. The first kappa shape index (κ1) is 24.9.